The van der Waals surface area contributed by atoms with Crippen LogP contribution >= 0.6 is 15.9 Å². The highest BCUT2D eigenvalue weighted by Crippen LogP contribution is 2.17. The molecule has 0 aliphatic heterocycles. The van der Waals surface area contributed by atoms with Gasteiger partial charge in [0.2, 0.25) is 0 Å². The van der Waals surface area contributed by atoms with Crippen molar-refractivity contribution >= 4 is 39.6 Å². The Kier molecular flexibility index (Phi) is 5.12. The molecular weight excluding hydrogens is 346 g/mol. The molecule has 2 rings (SSSR count). The molecule has 0 aromatic heterocycles. The van der Waals surface area contributed by atoms with E-state index in [-0.39, 0.29) is 17.2 Å². The first kappa shape index (κ1) is 16.0. The van der Waals surface area contributed by atoms with Crippen LogP contribution in [0.1, 0.15) is 22.8 Å². The van der Waals surface area contributed by atoms with Crippen LogP contribution < -0.4 is 5.32 Å². The van der Waals surface area contributed by atoms with Gasteiger partial charge in [-0.2, -0.15) is 0 Å². The summed E-state index contributed by atoms with van der Waals surface area (Å²) in [6.45, 7) is 1.68. The van der Waals surface area contributed by atoms with Crippen molar-refractivity contribution in [1.29, 1.82) is 0 Å². The third kappa shape index (κ3) is 4.05. The molecule has 0 saturated carbocycles. The quantitative estimate of drug-likeness (QED) is 0.804. The average Bonchev–Trinajstić information content (AvgIpc) is 2.49. The summed E-state index contributed by atoms with van der Waals surface area (Å²) in [5, 5.41) is 11.7. The zero-order valence-corrected chi connectivity index (χ0v) is 13.4. The van der Waals surface area contributed by atoms with Gasteiger partial charge < -0.3 is 10.4 Å². The molecule has 2 N–H and O–H groups in total. The zero-order chi connectivity index (χ0) is 16.1. The molecule has 0 radical (unpaired) electrons. The summed E-state index contributed by atoms with van der Waals surface area (Å²) in [6, 6.07) is 13.8. The van der Waals surface area contributed by atoms with Gasteiger partial charge in [0.25, 0.3) is 5.91 Å². The van der Waals surface area contributed by atoms with E-state index < -0.39 is 5.97 Å². The number of aromatic carboxylic acids is 1. The Morgan fingerprint density at radius 3 is 2.36 bits per heavy atom. The van der Waals surface area contributed by atoms with Crippen molar-refractivity contribution in [2.75, 3.05) is 5.32 Å². The van der Waals surface area contributed by atoms with E-state index in [1.807, 2.05) is 24.3 Å². The number of nitrogens with one attached hydrogen (secondary N) is 1. The van der Waals surface area contributed by atoms with Crippen LogP contribution in [-0.2, 0) is 4.79 Å². The first-order valence-electron chi connectivity index (χ1n) is 6.55. The first-order valence-corrected chi connectivity index (χ1v) is 7.34. The molecule has 0 spiro atoms. The monoisotopic (exact) mass is 359 g/mol. The smallest absolute Gasteiger partial charge is 0.337 e. The Hall–Kier alpha value is -2.40. The van der Waals surface area contributed by atoms with Gasteiger partial charge in [-0.15, -0.1) is 0 Å². The van der Waals surface area contributed by atoms with Crippen LogP contribution in [0.5, 0.6) is 0 Å². The summed E-state index contributed by atoms with van der Waals surface area (Å²) in [6.07, 6.45) is 1.74. The Balaban J connectivity index is 2.18. The van der Waals surface area contributed by atoms with Gasteiger partial charge in [-0.3, -0.25) is 4.79 Å². The molecule has 2 aromatic carbocycles. The lowest BCUT2D eigenvalue weighted by Crippen LogP contribution is -2.15. The summed E-state index contributed by atoms with van der Waals surface area (Å²) in [7, 11) is 0. The number of amides is 1. The number of carboxylic acids is 1. The minimum absolute atomic E-state index is 0.0623. The average molecular weight is 360 g/mol. The molecule has 22 heavy (non-hydrogen) atoms. The summed E-state index contributed by atoms with van der Waals surface area (Å²) >= 11 is 3.35. The summed E-state index contributed by atoms with van der Waals surface area (Å²) in [5.74, 6) is -1.41. The van der Waals surface area contributed by atoms with Crippen LogP contribution in [0.3, 0.4) is 0 Å². The summed E-state index contributed by atoms with van der Waals surface area (Å²) in [5.41, 5.74) is 1.72. The second-order valence-corrected chi connectivity index (χ2v) is 5.60. The van der Waals surface area contributed by atoms with E-state index in [0.29, 0.717) is 5.57 Å². The molecule has 0 heterocycles. The first-order chi connectivity index (χ1) is 10.5. The van der Waals surface area contributed by atoms with Gasteiger partial charge >= 0.3 is 5.97 Å². The number of carbonyl (C=O) groups excluding carboxylic acids is 1. The van der Waals surface area contributed by atoms with E-state index in [2.05, 4.69) is 21.2 Å². The van der Waals surface area contributed by atoms with Crippen LogP contribution in [0.4, 0.5) is 5.69 Å². The maximum absolute atomic E-state index is 12.2. The molecule has 0 fully saturated rings. The van der Waals surface area contributed by atoms with Crippen molar-refractivity contribution in [2.24, 2.45) is 0 Å². The fourth-order valence-electron chi connectivity index (χ4n) is 1.87. The number of hydrogen-bond donors (Lipinski definition) is 2. The molecule has 112 valence electrons. The lowest BCUT2D eigenvalue weighted by molar-refractivity contribution is -0.112. The van der Waals surface area contributed by atoms with Gasteiger partial charge in [-0.1, -0.05) is 40.2 Å². The summed E-state index contributed by atoms with van der Waals surface area (Å²) in [4.78, 5) is 23.3. The maximum Gasteiger partial charge on any atom is 0.337 e. The molecule has 0 unspecified atom stereocenters. The van der Waals surface area contributed by atoms with Crippen LogP contribution in [0.15, 0.2) is 58.6 Å². The lowest BCUT2D eigenvalue weighted by Gasteiger charge is -2.08. The lowest BCUT2D eigenvalue weighted by atomic mass is 10.1. The van der Waals surface area contributed by atoms with E-state index in [4.69, 9.17) is 5.11 Å². The van der Waals surface area contributed by atoms with E-state index in [9.17, 15) is 9.59 Å². The number of anilines is 1. The molecule has 1 amide bonds. The molecular formula is C17H14BrNO3. The predicted octanol–water partition coefficient (Wildman–Crippen LogP) is 4.19. The van der Waals surface area contributed by atoms with Gasteiger partial charge in [-0.25, -0.2) is 4.79 Å². The molecule has 0 atom stereocenters. The fourth-order valence-corrected chi connectivity index (χ4v) is 2.14. The van der Waals surface area contributed by atoms with E-state index >= 15 is 0 Å². The minimum atomic E-state index is -1.08. The Morgan fingerprint density at radius 1 is 1.09 bits per heavy atom. The SMILES string of the molecule is C/C(=C\c1ccc(Br)cc1)C(=O)Nc1ccccc1C(=O)O. The van der Waals surface area contributed by atoms with E-state index in [0.717, 1.165) is 10.0 Å². The van der Waals surface area contributed by atoms with Crippen molar-refractivity contribution in [3.63, 3.8) is 0 Å². The minimum Gasteiger partial charge on any atom is -0.478 e. The predicted molar refractivity (Wildman–Crippen MR) is 89.8 cm³/mol. The van der Waals surface area contributed by atoms with E-state index in [1.54, 1.807) is 31.2 Å². The highest BCUT2D eigenvalue weighted by Gasteiger charge is 2.12. The Bertz CT molecular complexity index is 736. The van der Waals surface area contributed by atoms with Crippen LogP contribution in [-0.4, -0.2) is 17.0 Å². The number of halogens is 1. The van der Waals surface area contributed by atoms with Gasteiger partial charge in [0, 0.05) is 10.0 Å². The Morgan fingerprint density at radius 2 is 1.73 bits per heavy atom. The Labute approximate surface area is 136 Å². The van der Waals surface area contributed by atoms with Crippen molar-refractivity contribution in [3.8, 4) is 0 Å². The molecule has 2 aromatic rings. The normalized spacial score (nSPS) is 11.1. The third-order valence-electron chi connectivity index (χ3n) is 3.02. The number of benzene rings is 2. The molecule has 0 aliphatic rings. The number of para-hydroxylation sites is 1. The topological polar surface area (TPSA) is 66.4 Å². The highest BCUT2D eigenvalue weighted by atomic mass is 79.9. The summed E-state index contributed by atoms with van der Waals surface area (Å²) < 4.78 is 0.960. The number of rotatable bonds is 4. The van der Waals surface area contributed by atoms with Crippen LogP contribution in [0.25, 0.3) is 6.08 Å². The van der Waals surface area contributed by atoms with Gasteiger partial charge in [0.15, 0.2) is 0 Å². The van der Waals surface area contributed by atoms with Crippen molar-refractivity contribution in [1.82, 2.24) is 0 Å². The molecule has 0 saturated heterocycles. The standard InChI is InChI=1S/C17H14BrNO3/c1-11(10-12-6-8-13(18)9-7-12)16(20)19-15-5-3-2-4-14(15)17(21)22/h2-10H,1H3,(H,19,20)(H,21,22)/b11-10+. The van der Waals surface area contributed by atoms with E-state index in [1.165, 1.54) is 6.07 Å². The molecule has 5 heteroatoms. The van der Waals surface area contributed by atoms with Crippen LogP contribution in [0, 0.1) is 0 Å². The highest BCUT2D eigenvalue weighted by molar-refractivity contribution is 9.10. The van der Waals surface area contributed by atoms with Gasteiger partial charge in [0.1, 0.15) is 0 Å². The molecule has 4 nitrogen and oxygen atoms in total. The number of carboxylic acid groups (broad SMARTS) is 1. The van der Waals surface area contributed by atoms with Gasteiger partial charge in [-0.05, 0) is 42.8 Å². The van der Waals surface area contributed by atoms with Gasteiger partial charge in [0.05, 0.1) is 11.3 Å². The second kappa shape index (κ2) is 7.04. The van der Waals surface area contributed by atoms with Crippen molar-refractivity contribution in [3.05, 3.63) is 69.7 Å². The third-order valence-corrected chi connectivity index (χ3v) is 3.55. The van der Waals surface area contributed by atoms with Crippen molar-refractivity contribution < 1.29 is 14.7 Å². The largest absolute Gasteiger partial charge is 0.478 e. The van der Waals surface area contributed by atoms with Crippen molar-refractivity contribution in [2.45, 2.75) is 6.92 Å². The maximum atomic E-state index is 12.2. The fraction of sp³-hybridized carbons (Fsp3) is 0.0588. The molecule has 0 aliphatic carbocycles. The number of carbonyl (C=O) groups is 2. The number of hydrogen-bond acceptors (Lipinski definition) is 2. The second-order valence-electron chi connectivity index (χ2n) is 4.68. The van der Waals surface area contributed by atoms with Crippen LogP contribution in [0.2, 0.25) is 0 Å². The zero-order valence-electron chi connectivity index (χ0n) is 11.8. The molecule has 0 bridgehead atoms.